The Kier molecular flexibility index (Phi) is 4.42. The number of carboxylic acids is 1. The van der Waals surface area contributed by atoms with Crippen LogP contribution in [0.2, 0.25) is 0 Å². The normalized spacial score (nSPS) is 10.4. The van der Waals surface area contributed by atoms with Gasteiger partial charge < -0.3 is 9.84 Å². The van der Waals surface area contributed by atoms with E-state index in [0.717, 1.165) is 16.2 Å². The highest BCUT2D eigenvalue weighted by Crippen LogP contribution is 2.07. The molecule has 3 aromatic rings. The summed E-state index contributed by atoms with van der Waals surface area (Å²) in [5.41, 5.74) is 0.276. The van der Waals surface area contributed by atoms with Gasteiger partial charge in [-0.05, 0) is 17.7 Å². The lowest BCUT2D eigenvalue weighted by Crippen LogP contribution is -2.24. The predicted molar refractivity (Wildman–Crippen MR) is 88.7 cm³/mol. The molecule has 8 heteroatoms. The topological polar surface area (TPSA) is 110 Å². The Morgan fingerprint density at radius 2 is 1.92 bits per heavy atom. The van der Waals surface area contributed by atoms with Gasteiger partial charge in [-0.25, -0.2) is 14.6 Å². The number of carbonyl (C=O) groups is 2. The van der Waals surface area contributed by atoms with Crippen molar-refractivity contribution in [2.45, 2.75) is 6.61 Å². The first-order chi connectivity index (χ1) is 12.0. The second-order valence-corrected chi connectivity index (χ2v) is 5.11. The molecule has 126 valence electrons. The molecule has 0 atom stereocenters. The van der Waals surface area contributed by atoms with Gasteiger partial charge in [0.1, 0.15) is 17.9 Å². The highest BCUT2D eigenvalue weighted by Gasteiger charge is 2.11. The average molecular weight is 339 g/mol. The summed E-state index contributed by atoms with van der Waals surface area (Å²) >= 11 is 0. The lowest BCUT2D eigenvalue weighted by molar-refractivity contribution is 0.0696. The number of anilines is 1. The molecular formula is C17H13N3O5. The number of aromatic carboxylic acids is 1. The van der Waals surface area contributed by atoms with Crippen LogP contribution in [0.5, 0.6) is 0 Å². The number of pyridine rings is 1. The van der Waals surface area contributed by atoms with Crippen molar-refractivity contribution in [1.29, 1.82) is 0 Å². The Hall–Kier alpha value is -3.68. The molecular weight excluding hydrogens is 326 g/mol. The fourth-order valence-corrected chi connectivity index (χ4v) is 2.16. The number of amides is 1. The summed E-state index contributed by atoms with van der Waals surface area (Å²) in [7, 11) is 0. The summed E-state index contributed by atoms with van der Waals surface area (Å²) in [4.78, 5) is 39.2. The van der Waals surface area contributed by atoms with Crippen LogP contribution in [0, 0.1) is 0 Å². The first kappa shape index (κ1) is 16.2. The number of nitrogens with one attached hydrogen (secondary N) is 1. The molecule has 0 saturated heterocycles. The number of aromatic nitrogens is 2. The zero-order valence-electron chi connectivity index (χ0n) is 12.9. The largest absolute Gasteiger partial charge is 0.478 e. The van der Waals surface area contributed by atoms with E-state index in [9.17, 15) is 14.4 Å². The number of hydrogen-bond donors (Lipinski definition) is 2. The molecule has 0 bridgehead atoms. The standard InChI is InChI=1S/C17H13N3O5/c21-15-13(19-17(24)25-10-11-4-2-1-3-5-11)8-18-14-7-6-12(16(22)23)9-20(14)15/h1-9H,10H2,(H,19,24)(H,22,23). The summed E-state index contributed by atoms with van der Waals surface area (Å²) in [5.74, 6) is -1.17. The van der Waals surface area contributed by atoms with Crippen LogP contribution in [-0.2, 0) is 11.3 Å². The van der Waals surface area contributed by atoms with Gasteiger partial charge in [0, 0.05) is 6.20 Å². The Labute approximate surface area is 141 Å². The van der Waals surface area contributed by atoms with E-state index in [1.54, 1.807) is 12.1 Å². The van der Waals surface area contributed by atoms with E-state index in [1.807, 2.05) is 18.2 Å². The quantitative estimate of drug-likeness (QED) is 0.753. The molecule has 0 aliphatic rings. The SMILES string of the molecule is O=C(Nc1cnc2ccc(C(=O)O)cn2c1=O)OCc1ccccc1. The number of carboxylic acid groups (broad SMARTS) is 1. The van der Waals surface area contributed by atoms with Crippen LogP contribution in [0.4, 0.5) is 10.5 Å². The van der Waals surface area contributed by atoms with Gasteiger partial charge in [-0.15, -0.1) is 0 Å². The Balaban J connectivity index is 1.79. The smallest absolute Gasteiger partial charge is 0.412 e. The number of hydrogen-bond acceptors (Lipinski definition) is 5. The fraction of sp³-hybridized carbons (Fsp3) is 0.0588. The molecule has 0 saturated carbocycles. The van der Waals surface area contributed by atoms with Gasteiger partial charge in [-0.2, -0.15) is 0 Å². The minimum absolute atomic E-state index is 0.0537. The Bertz CT molecular complexity index is 998. The third kappa shape index (κ3) is 3.63. The molecule has 3 rings (SSSR count). The van der Waals surface area contributed by atoms with Crippen LogP contribution in [0.15, 0.2) is 59.7 Å². The van der Waals surface area contributed by atoms with Gasteiger partial charge in [0.05, 0.1) is 11.8 Å². The maximum absolute atomic E-state index is 12.4. The first-order valence-electron chi connectivity index (χ1n) is 7.27. The zero-order chi connectivity index (χ0) is 17.8. The number of rotatable bonds is 4. The number of ether oxygens (including phenoxy) is 1. The zero-order valence-corrected chi connectivity index (χ0v) is 12.9. The molecule has 2 heterocycles. The van der Waals surface area contributed by atoms with Crippen molar-refractivity contribution in [3.8, 4) is 0 Å². The van der Waals surface area contributed by atoms with E-state index in [0.29, 0.717) is 0 Å². The van der Waals surface area contributed by atoms with Gasteiger partial charge in [0.2, 0.25) is 0 Å². The van der Waals surface area contributed by atoms with Crippen molar-refractivity contribution in [1.82, 2.24) is 9.38 Å². The molecule has 0 spiro atoms. The lowest BCUT2D eigenvalue weighted by Gasteiger charge is -2.08. The number of nitrogens with zero attached hydrogens (tertiary/aromatic N) is 2. The van der Waals surface area contributed by atoms with Crippen LogP contribution >= 0.6 is 0 Å². The molecule has 8 nitrogen and oxygen atoms in total. The van der Waals surface area contributed by atoms with Crippen LogP contribution in [0.25, 0.3) is 5.65 Å². The molecule has 0 unspecified atom stereocenters. The van der Waals surface area contributed by atoms with Crippen LogP contribution in [0.3, 0.4) is 0 Å². The second-order valence-electron chi connectivity index (χ2n) is 5.11. The fourth-order valence-electron chi connectivity index (χ4n) is 2.16. The number of benzene rings is 1. The number of carbonyl (C=O) groups excluding carboxylic acids is 1. The van der Waals surface area contributed by atoms with E-state index < -0.39 is 17.6 Å². The van der Waals surface area contributed by atoms with Crippen molar-refractivity contribution < 1.29 is 19.4 Å². The van der Waals surface area contributed by atoms with Crippen molar-refractivity contribution >= 4 is 23.4 Å². The molecule has 0 aliphatic heterocycles. The highest BCUT2D eigenvalue weighted by molar-refractivity contribution is 5.87. The monoisotopic (exact) mass is 339 g/mol. The molecule has 25 heavy (non-hydrogen) atoms. The van der Waals surface area contributed by atoms with Gasteiger partial charge in [-0.1, -0.05) is 30.3 Å². The maximum Gasteiger partial charge on any atom is 0.412 e. The summed E-state index contributed by atoms with van der Waals surface area (Å²) < 4.78 is 6.09. The summed E-state index contributed by atoms with van der Waals surface area (Å²) in [6.45, 7) is 0.0537. The van der Waals surface area contributed by atoms with Crippen molar-refractivity contribution in [2.75, 3.05) is 5.32 Å². The first-order valence-corrected chi connectivity index (χ1v) is 7.27. The van der Waals surface area contributed by atoms with Crippen molar-refractivity contribution in [3.05, 3.63) is 76.3 Å². The third-order valence-electron chi connectivity index (χ3n) is 3.40. The third-order valence-corrected chi connectivity index (χ3v) is 3.40. The molecule has 0 radical (unpaired) electrons. The summed E-state index contributed by atoms with van der Waals surface area (Å²) in [5, 5.41) is 11.3. The molecule has 2 aromatic heterocycles. The van der Waals surface area contributed by atoms with Crippen LogP contribution < -0.4 is 10.9 Å². The molecule has 1 aromatic carbocycles. The Morgan fingerprint density at radius 3 is 2.64 bits per heavy atom. The van der Waals surface area contributed by atoms with E-state index in [-0.39, 0.29) is 23.5 Å². The van der Waals surface area contributed by atoms with Gasteiger partial charge in [0.15, 0.2) is 0 Å². The van der Waals surface area contributed by atoms with E-state index in [2.05, 4.69) is 10.3 Å². The minimum atomic E-state index is -1.17. The van der Waals surface area contributed by atoms with Crippen LogP contribution in [-0.4, -0.2) is 26.6 Å². The van der Waals surface area contributed by atoms with Gasteiger partial charge in [-0.3, -0.25) is 14.5 Å². The molecule has 0 aliphatic carbocycles. The number of fused-ring (bicyclic) bond motifs is 1. The predicted octanol–water partition coefficient (Wildman–Crippen LogP) is 2.14. The van der Waals surface area contributed by atoms with Gasteiger partial charge >= 0.3 is 12.1 Å². The Morgan fingerprint density at radius 1 is 1.16 bits per heavy atom. The molecule has 2 N–H and O–H groups in total. The molecule has 1 amide bonds. The van der Waals surface area contributed by atoms with Gasteiger partial charge in [0.25, 0.3) is 5.56 Å². The highest BCUT2D eigenvalue weighted by atomic mass is 16.5. The van der Waals surface area contributed by atoms with Crippen molar-refractivity contribution in [3.63, 3.8) is 0 Å². The van der Waals surface area contributed by atoms with Crippen molar-refractivity contribution in [2.24, 2.45) is 0 Å². The maximum atomic E-state index is 12.4. The van der Waals surface area contributed by atoms with E-state index in [1.165, 1.54) is 18.3 Å². The second kappa shape index (κ2) is 6.83. The van der Waals surface area contributed by atoms with E-state index in [4.69, 9.17) is 9.84 Å². The lowest BCUT2D eigenvalue weighted by atomic mass is 10.2. The molecule has 0 fully saturated rings. The van der Waals surface area contributed by atoms with E-state index >= 15 is 0 Å². The minimum Gasteiger partial charge on any atom is -0.478 e. The summed E-state index contributed by atoms with van der Waals surface area (Å²) in [6, 6.07) is 11.8. The van der Waals surface area contributed by atoms with Crippen LogP contribution in [0.1, 0.15) is 15.9 Å². The summed E-state index contributed by atoms with van der Waals surface area (Å²) in [6.07, 6.45) is 1.53. The average Bonchev–Trinajstić information content (AvgIpc) is 2.63.